The Kier molecular flexibility index (Phi) is 7.65. The number of aryl methyl sites for hydroxylation is 1. The van der Waals surface area contributed by atoms with Crippen LogP contribution in [-0.4, -0.2) is 53.4 Å². The van der Waals surface area contributed by atoms with Gasteiger partial charge in [-0.15, -0.1) is 0 Å². The van der Waals surface area contributed by atoms with E-state index >= 15 is 0 Å². The minimum atomic E-state index is -1.14. The third kappa shape index (κ3) is 6.03. The Balaban J connectivity index is 1.02. The average Bonchev–Trinajstić information content (AvgIpc) is 3.87. The number of hydrogen-bond acceptors (Lipinski definition) is 10. The van der Waals surface area contributed by atoms with E-state index in [1.54, 1.807) is 30.1 Å². The highest BCUT2D eigenvalue weighted by Gasteiger charge is 2.25. The van der Waals surface area contributed by atoms with Crippen LogP contribution in [-0.2, 0) is 19.5 Å². The van der Waals surface area contributed by atoms with Crippen LogP contribution in [0.15, 0.2) is 95.8 Å². The summed E-state index contributed by atoms with van der Waals surface area (Å²) in [4.78, 5) is 41.4. The molecule has 0 unspecified atom stereocenters. The van der Waals surface area contributed by atoms with Gasteiger partial charge in [-0.1, -0.05) is 52.9 Å². The zero-order valence-electron chi connectivity index (χ0n) is 26.2. The summed E-state index contributed by atoms with van der Waals surface area (Å²) in [6.07, 6.45) is 4.13. The highest BCUT2D eigenvalue weighted by molar-refractivity contribution is 7.22. The first-order valence-corrected chi connectivity index (χ1v) is 16.4. The van der Waals surface area contributed by atoms with Crippen LogP contribution < -0.4 is 10.2 Å². The highest BCUT2D eigenvalue weighted by Crippen LogP contribution is 2.31. The monoisotopic (exact) mass is 668 g/mol. The number of carbonyl (C=O) groups is 2. The van der Waals surface area contributed by atoms with Gasteiger partial charge in [0, 0.05) is 41.5 Å². The van der Waals surface area contributed by atoms with Crippen LogP contribution in [0.25, 0.3) is 32.8 Å². The van der Waals surface area contributed by atoms with Crippen LogP contribution >= 0.6 is 11.3 Å². The molecule has 0 fully saturated rings. The predicted octanol–water partition coefficient (Wildman–Crippen LogP) is 6.47. The summed E-state index contributed by atoms with van der Waals surface area (Å²) in [5.41, 5.74) is 6.15. The first-order chi connectivity index (χ1) is 23.9. The zero-order chi connectivity index (χ0) is 33.5. The Morgan fingerprint density at radius 1 is 0.980 bits per heavy atom. The number of nitrogens with zero attached hydrogens (tertiary/aromatic N) is 7. The van der Waals surface area contributed by atoms with Crippen molar-refractivity contribution in [3.8, 4) is 22.6 Å². The number of carboxylic acid groups (broad SMARTS) is 1. The first-order valence-electron chi connectivity index (χ1n) is 15.6. The van der Waals surface area contributed by atoms with Crippen molar-refractivity contribution >= 4 is 44.4 Å². The van der Waals surface area contributed by atoms with E-state index in [1.807, 2.05) is 77.7 Å². The number of aromatic carboxylic acids is 1. The smallest absolute Gasteiger partial charge is 0.355 e. The number of pyridine rings is 1. The van der Waals surface area contributed by atoms with Crippen molar-refractivity contribution in [1.29, 1.82) is 0 Å². The van der Waals surface area contributed by atoms with E-state index < -0.39 is 5.97 Å². The standard InChI is InChI=1S/C36H28N8O4S/c1-21-38-34(48-42-21)24-8-4-6-22(16-24)18-44-19-25(17-37-44)26-12-13-31(40-32(26)35(46)47)43-15-14-23-7-5-9-27(28(23)20-43)33(45)41-36-39-29-10-2-3-11-30(29)49-36/h2-13,16-17,19H,14-15,18,20H2,1H3,(H,46,47)(H,39,41,45). The Labute approximate surface area is 283 Å². The van der Waals surface area contributed by atoms with Gasteiger partial charge in [0.2, 0.25) is 0 Å². The molecule has 1 aliphatic rings. The molecule has 0 radical (unpaired) electrons. The molecule has 4 aromatic heterocycles. The number of aromatic nitrogens is 6. The molecule has 8 rings (SSSR count). The van der Waals surface area contributed by atoms with E-state index in [0.29, 0.717) is 65.4 Å². The van der Waals surface area contributed by atoms with E-state index in [1.165, 1.54) is 11.3 Å². The number of hydrogen-bond donors (Lipinski definition) is 2. The van der Waals surface area contributed by atoms with Gasteiger partial charge in [0.15, 0.2) is 16.6 Å². The fraction of sp³-hybridized carbons (Fsp3) is 0.139. The number of amides is 1. The summed E-state index contributed by atoms with van der Waals surface area (Å²) in [5, 5.41) is 22.1. The number of para-hydroxylation sites is 1. The summed E-state index contributed by atoms with van der Waals surface area (Å²) in [6, 6.07) is 24.8. The maximum Gasteiger partial charge on any atom is 0.355 e. The van der Waals surface area contributed by atoms with Crippen molar-refractivity contribution in [2.45, 2.75) is 26.4 Å². The lowest BCUT2D eigenvalue weighted by Gasteiger charge is -2.31. The number of anilines is 2. The second kappa shape index (κ2) is 12.4. The molecule has 0 aliphatic carbocycles. The lowest BCUT2D eigenvalue weighted by atomic mass is 9.94. The number of carbonyl (C=O) groups excluding carboxylic acids is 1. The van der Waals surface area contributed by atoms with Crippen molar-refractivity contribution in [3.05, 3.63) is 125 Å². The molecule has 1 aliphatic heterocycles. The van der Waals surface area contributed by atoms with Gasteiger partial charge in [-0.05, 0) is 72.5 Å². The third-order valence-corrected chi connectivity index (χ3v) is 9.38. The van der Waals surface area contributed by atoms with Gasteiger partial charge in [0.05, 0.1) is 23.0 Å². The maximum absolute atomic E-state index is 13.5. The summed E-state index contributed by atoms with van der Waals surface area (Å²) < 4.78 is 8.04. The van der Waals surface area contributed by atoms with Gasteiger partial charge in [-0.2, -0.15) is 10.1 Å². The average molecular weight is 669 g/mol. The van der Waals surface area contributed by atoms with Gasteiger partial charge < -0.3 is 14.5 Å². The quantitative estimate of drug-likeness (QED) is 0.184. The van der Waals surface area contributed by atoms with Crippen molar-refractivity contribution < 1.29 is 19.2 Å². The topological polar surface area (TPSA) is 152 Å². The molecule has 12 nitrogen and oxygen atoms in total. The second-order valence-corrected chi connectivity index (χ2v) is 12.7. The molecule has 3 aromatic carbocycles. The van der Waals surface area contributed by atoms with Gasteiger partial charge in [-0.3, -0.25) is 14.8 Å². The molecule has 0 saturated heterocycles. The minimum absolute atomic E-state index is 0.0709. The number of fused-ring (bicyclic) bond motifs is 2. The number of carboxylic acids is 1. The fourth-order valence-electron chi connectivity index (χ4n) is 6.09. The molecule has 13 heteroatoms. The second-order valence-electron chi connectivity index (χ2n) is 11.7. The fourth-order valence-corrected chi connectivity index (χ4v) is 6.95. The van der Waals surface area contributed by atoms with Gasteiger partial charge >= 0.3 is 5.97 Å². The molecule has 1 amide bonds. The highest BCUT2D eigenvalue weighted by atomic mass is 32.1. The van der Waals surface area contributed by atoms with Gasteiger partial charge in [0.25, 0.3) is 11.8 Å². The molecule has 0 bridgehead atoms. The molecule has 2 N–H and O–H groups in total. The predicted molar refractivity (Wildman–Crippen MR) is 185 cm³/mol. The lowest BCUT2D eigenvalue weighted by molar-refractivity contribution is 0.0691. The molecular formula is C36H28N8O4S. The maximum atomic E-state index is 13.5. The Hall–Kier alpha value is -6.21. The van der Waals surface area contributed by atoms with Crippen molar-refractivity contribution in [3.63, 3.8) is 0 Å². The number of nitrogens with one attached hydrogen (secondary N) is 1. The van der Waals surface area contributed by atoms with E-state index in [9.17, 15) is 14.7 Å². The summed E-state index contributed by atoms with van der Waals surface area (Å²) in [7, 11) is 0. The summed E-state index contributed by atoms with van der Waals surface area (Å²) in [5.74, 6) is 0.151. The number of benzene rings is 3. The van der Waals surface area contributed by atoms with Crippen molar-refractivity contribution in [2.75, 3.05) is 16.8 Å². The molecule has 0 saturated carbocycles. The molecule has 242 valence electrons. The van der Waals surface area contributed by atoms with Crippen molar-refractivity contribution in [1.82, 2.24) is 29.9 Å². The summed E-state index contributed by atoms with van der Waals surface area (Å²) in [6.45, 7) is 3.26. The van der Waals surface area contributed by atoms with E-state index in [-0.39, 0.29) is 11.6 Å². The van der Waals surface area contributed by atoms with Crippen LogP contribution in [0.1, 0.15) is 43.4 Å². The molecule has 7 aromatic rings. The van der Waals surface area contributed by atoms with Crippen LogP contribution in [0.5, 0.6) is 0 Å². The molecule has 49 heavy (non-hydrogen) atoms. The minimum Gasteiger partial charge on any atom is -0.476 e. The zero-order valence-corrected chi connectivity index (χ0v) is 27.0. The Morgan fingerprint density at radius 2 is 1.86 bits per heavy atom. The van der Waals surface area contributed by atoms with E-state index in [0.717, 1.165) is 32.5 Å². The number of rotatable bonds is 8. The lowest BCUT2D eigenvalue weighted by Crippen LogP contribution is -2.33. The Bertz CT molecular complexity index is 2350. The van der Waals surface area contributed by atoms with Gasteiger partial charge in [0.1, 0.15) is 5.82 Å². The molecule has 0 atom stereocenters. The third-order valence-electron chi connectivity index (χ3n) is 8.43. The van der Waals surface area contributed by atoms with E-state index in [2.05, 4.69) is 30.5 Å². The largest absolute Gasteiger partial charge is 0.476 e. The van der Waals surface area contributed by atoms with Gasteiger partial charge in [-0.25, -0.2) is 14.8 Å². The van der Waals surface area contributed by atoms with Crippen LogP contribution in [0.2, 0.25) is 0 Å². The molecule has 5 heterocycles. The first kappa shape index (κ1) is 30.1. The normalized spacial score (nSPS) is 12.6. The Morgan fingerprint density at radius 3 is 2.69 bits per heavy atom. The van der Waals surface area contributed by atoms with Crippen LogP contribution in [0.4, 0.5) is 10.9 Å². The van der Waals surface area contributed by atoms with Crippen molar-refractivity contribution in [2.24, 2.45) is 0 Å². The molecular weight excluding hydrogens is 641 g/mol. The van der Waals surface area contributed by atoms with E-state index in [4.69, 9.17) is 4.52 Å². The van der Waals surface area contributed by atoms with Crippen LogP contribution in [0.3, 0.4) is 0 Å². The SMILES string of the molecule is Cc1noc(-c2cccc(Cn3cc(-c4ccc(N5CCc6cccc(C(=O)Nc7nc8ccccc8s7)c6C5)nc4C(=O)O)cn3)c2)n1. The molecule has 0 spiro atoms. The number of thiazole rings is 1. The van der Waals surface area contributed by atoms with Crippen LogP contribution in [0, 0.1) is 6.92 Å². The summed E-state index contributed by atoms with van der Waals surface area (Å²) >= 11 is 1.43.